The van der Waals surface area contributed by atoms with Crippen LogP contribution in [0.4, 0.5) is 0 Å². The van der Waals surface area contributed by atoms with Gasteiger partial charge in [-0.3, -0.25) is 0 Å². The zero-order chi connectivity index (χ0) is 9.97. The molecule has 0 saturated heterocycles. The third kappa shape index (κ3) is 1.53. The molecule has 1 N–H and O–H groups in total. The average Bonchev–Trinajstić information content (AvgIpc) is 2.51. The normalized spacial score (nSPS) is 11.0. The molecule has 0 fully saturated rings. The first kappa shape index (κ1) is 9.28. The van der Waals surface area contributed by atoms with Crippen LogP contribution < -0.4 is 5.32 Å². The minimum Gasteiger partial charge on any atom is -0.323 e. The maximum Gasteiger partial charge on any atom is 0.0485 e. The van der Waals surface area contributed by atoms with Crippen LogP contribution >= 0.6 is 0 Å². The molecular formula is C12H16N2. The molecule has 0 spiro atoms. The van der Waals surface area contributed by atoms with Crippen molar-refractivity contribution in [3.05, 3.63) is 41.7 Å². The lowest BCUT2D eigenvalue weighted by Gasteiger charge is -2.00. The summed E-state index contributed by atoms with van der Waals surface area (Å²) in [6.45, 7) is 3.22. The van der Waals surface area contributed by atoms with Gasteiger partial charge in [-0.15, -0.1) is 0 Å². The Bertz CT molecular complexity index is 429. The standard InChI is InChI=1S/C12H16N2/c1-10-9-14-8-4-3-5-12(14)11(10)6-7-13-2/h3-5,8-9,13H,6-7H2,1-2H3. The van der Waals surface area contributed by atoms with Gasteiger partial charge in [-0.1, -0.05) is 6.07 Å². The van der Waals surface area contributed by atoms with E-state index in [0.717, 1.165) is 13.0 Å². The summed E-state index contributed by atoms with van der Waals surface area (Å²) in [5.41, 5.74) is 4.17. The third-order valence-corrected chi connectivity index (χ3v) is 2.63. The largest absolute Gasteiger partial charge is 0.323 e. The van der Waals surface area contributed by atoms with E-state index in [1.165, 1.54) is 16.6 Å². The van der Waals surface area contributed by atoms with Crippen LogP contribution in [0.1, 0.15) is 11.1 Å². The van der Waals surface area contributed by atoms with Gasteiger partial charge in [0.2, 0.25) is 0 Å². The van der Waals surface area contributed by atoms with E-state index in [1.54, 1.807) is 0 Å². The van der Waals surface area contributed by atoms with Gasteiger partial charge < -0.3 is 9.72 Å². The second kappa shape index (κ2) is 3.84. The number of aryl methyl sites for hydroxylation is 1. The third-order valence-electron chi connectivity index (χ3n) is 2.63. The molecule has 2 aromatic heterocycles. The number of hydrogen-bond donors (Lipinski definition) is 1. The summed E-state index contributed by atoms with van der Waals surface area (Å²) in [6.07, 6.45) is 5.40. The molecule has 0 aliphatic carbocycles. The highest BCUT2D eigenvalue weighted by Gasteiger charge is 2.05. The molecule has 2 heteroatoms. The fourth-order valence-electron chi connectivity index (χ4n) is 1.89. The average molecular weight is 188 g/mol. The SMILES string of the molecule is CNCCc1c(C)cn2ccccc12. The van der Waals surface area contributed by atoms with Gasteiger partial charge in [0, 0.05) is 17.9 Å². The zero-order valence-corrected chi connectivity index (χ0v) is 8.75. The van der Waals surface area contributed by atoms with Crippen LogP contribution in [0, 0.1) is 6.92 Å². The van der Waals surface area contributed by atoms with Gasteiger partial charge in [-0.25, -0.2) is 0 Å². The van der Waals surface area contributed by atoms with Crippen molar-refractivity contribution in [1.29, 1.82) is 0 Å². The van der Waals surface area contributed by atoms with Crippen LogP contribution in [0.2, 0.25) is 0 Å². The first-order valence-electron chi connectivity index (χ1n) is 5.02. The minimum atomic E-state index is 1.04. The molecule has 14 heavy (non-hydrogen) atoms. The molecule has 0 radical (unpaired) electrons. The molecule has 2 heterocycles. The summed E-state index contributed by atoms with van der Waals surface area (Å²) in [7, 11) is 1.99. The lowest BCUT2D eigenvalue weighted by molar-refractivity contribution is 0.792. The van der Waals surface area contributed by atoms with Crippen LogP contribution in [-0.2, 0) is 6.42 Å². The predicted octanol–water partition coefficient (Wildman–Crippen LogP) is 2.01. The fraction of sp³-hybridized carbons (Fsp3) is 0.333. The van der Waals surface area contributed by atoms with Gasteiger partial charge in [0.1, 0.15) is 0 Å². The van der Waals surface area contributed by atoms with Gasteiger partial charge in [0.15, 0.2) is 0 Å². The Morgan fingerprint density at radius 2 is 2.21 bits per heavy atom. The predicted molar refractivity (Wildman–Crippen MR) is 59.8 cm³/mol. The first-order valence-corrected chi connectivity index (χ1v) is 5.02. The molecule has 0 atom stereocenters. The monoisotopic (exact) mass is 188 g/mol. The van der Waals surface area contributed by atoms with Crippen LogP contribution in [-0.4, -0.2) is 18.0 Å². The Hall–Kier alpha value is -1.28. The maximum absolute atomic E-state index is 3.19. The minimum absolute atomic E-state index is 1.04. The Kier molecular flexibility index (Phi) is 2.55. The van der Waals surface area contributed by atoms with Gasteiger partial charge in [0.05, 0.1) is 0 Å². The van der Waals surface area contributed by atoms with E-state index in [-0.39, 0.29) is 0 Å². The van der Waals surface area contributed by atoms with Crippen molar-refractivity contribution in [3.8, 4) is 0 Å². The molecule has 0 aliphatic heterocycles. The molecule has 74 valence electrons. The molecular weight excluding hydrogens is 172 g/mol. The van der Waals surface area contributed by atoms with Crippen molar-refractivity contribution in [2.75, 3.05) is 13.6 Å². The quantitative estimate of drug-likeness (QED) is 0.779. The highest BCUT2D eigenvalue weighted by atomic mass is 14.9. The smallest absolute Gasteiger partial charge is 0.0485 e. The van der Waals surface area contributed by atoms with Crippen LogP contribution in [0.5, 0.6) is 0 Å². The van der Waals surface area contributed by atoms with Crippen molar-refractivity contribution >= 4 is 5.52 Å². The number of nitrogens with zero attached hydrogens (tertiary/aromatic N) is 1. The Balaban J connectivity index is 2.45. The fourth-order valence-corrected chi connectivity index (χ4v) is 1.89. The lowest BCUT2D eigenvalue weighted by Crippen LogP contribution is -2.10. The van der Waals surface area contributed by atoms with Crippen LogP contribution in [0.3, 0.4) is 0 Å². The molecule has 0 amide bonds. The molecule has 2 aromatic rings. The van der Waals surface area contributed by atoms with E-state index < -0.39 is 0 Å². The summed E-state index contributed by atoms with van der Waals surface area (Å²) < 4.78 is 2.19. The van der Waals surface area contributed by atoms with E-state index in [0.29, 0.717) is 0 Å². The summed E-state index contributed by atoms with van der Waals surface area (Å²) >= 11 is 0. The lowest BCUT2D eigenvalue weighted by atomic mass is 10.1. The highest BCUT2D eigenvalue weighted by Crippen LogP contribution is 2.17. The number of fused-ring (bicyclic) bond motifs is 1. The molecule has 0 unspecified atom stereocenters. The van der Waals surface area contributed by atoms with Crippen molar-refractivity contribution in [1.82, 2.24) is 9.72 Å². The summed E-state index contributed by atoms with van der Waals surface area (Å²) in [5.74, 6) is 0. The van der Waals surface area contributed by atoms with Crippen molar-refractivity contribution in [2.24, 2.45) is 0 Å². The summed E-state index contributed by atoms with van der Waals surface area (Å²) in [6, 6.07) is 6.34. The summed E-state index contributed by atoms with van der Waals surface area (Å²) in [4.78, 5) is 0. The van der Waals surface area contributed by atoms with E-state index in [4.69, 9.17) is 0 Å². The van der Waals surface area contributed by atoms with E-state index in [2.05, 4.69) is 47.2 Å². The van der Waals surface area contributed by atoms with E-state index in [9.17, 15) is 0 Å². The molecule has 2 rings (SSSR count). The van der Waals surface area contributed by atoms with E-state index >= 15 is 0 Å². The first-order chi connectivity index (χ1) is 6.83. The second-order valence-electron chi connectivity index (χ2n) is 3.64. The van der Waals surface area contributed by atoms with Crippen molar-refractivity contribution in [2.45, 2.75) is 13.3 Å². The molecule has 0 saturated carbocycles. The van der Waals surface area contributed by atoms with Crippen LogP contribution in [0.15, 0.2) is 30.6 Å². The number of nitrogens with one attached hydrogen (secondary N) is 1. The number of likely N-dealkylation sites (N-methyl/N-ethyl adjacent to an activating group) is 1. The Morgan fingerprint density at radius 1 is 1.36 bits per heavy atom. The van der Waals surface area contributed by atoms with E-state index in [1.807, 2.05) is 7.05 Å². The van der Waals surface area contributed by atoms with Crippen LogP contribution in [0.25, 0.3) is 5.52 Å². The summed E-state index contributed by atoms with van der Waals surface area (Å²) in [5, 5.41) is 3.19. The second-order valence-corrected chi connectivity index (χ2v) is 3.64. The van der Waals surface area contributed by atoms with Gasteiger partial charge in [-0.2, -0.15) is 0 Å². The van der Waals surface area contributed by atoms with Gasteiger partial charge in [-0.05, 0) is 50.2 Å². The van der Waals surface area contributed by atoms with Gasteiger partial charge >= 0.3 is 0 Å². The highest BCUT2D eigenvalue weighted by molar-refractivity contribution is 5.59. The number of rotatable bonds is 3. The molecule has 2 nitrogen and oxygen atoms in total. The number of pyridine rings is 1. The van der Waals surface area contributed by atoms with Crippen molar-refractivity contribution in [3.63, 3.8) is 0 Å². The number of hydrogen-bond acceptors (Lipinski definition) is 1. The Morgan fingerprint density at radius 3 is 3.00 bits per heavy atom. The van der Waals surface area contributed by atoms with Gasteiger partial charge in [0.25, 0.3) is 0 Å². The molecule has 0 aliphatic rings. The Labute approximate surface area is 84.6 Å². The number of aromatic nitrogens is 1. The molecule has 0 aromatic carbocycles. The van der Waals surface area contributed by atoms with Crippen molar-refractivity contribution < 1.29 is 0 Å². The zero-order valence-electron chi connectivity index (χ0n) is 8.75. The topological polar surface area (TPSA) is 16.4 Å². The molecule has 0 bridgehead atoms. The maximum atomic E-state index is 3.19.